The van der Waals surface area contributed by atoms with Crippen molar-refractivity contribution in [1.29, 1.82) is 0 Å². The number of aryl methyl sites for hydroxylation is 1. The normalized spacial score (nSPS) is 17.5. The molecule has 0 aliphatic carbocycles. The molecule has 1 amide bonds. The average Bonchev–Trinajstić information content (AvgIpc) is 3.30. The highest BCUT2D eigenvalue weighted by atomic mass is 19.1. The van der Waals surface area contributed by atoms with Crippen molar-refractivity contribution in [2.75, 3.05) is 6.54 Å². The summed E-state index contributed by atoms with van der Waals surface area (Å²) >= 11 is 0. The Kier molecular flexibility index (Phi) is 4.32. The van der Waals surface area contributed by atoms with Crippen LogP contribution < -0.4 is 0 Å². The fraction of sp³-hybridized carbons (Fsp3) is 0.300. The van der Waals surface area contributed by atoms with Gasteiger partial charge in [-0.05, 0) is 55.2 Å². The Morgan fingerprint density at radius 1 is 1.23 bits per heavy atom. The Balaban J connectivity index is 1.60. The summed E-state index contributed by atoms with van der Waals surface area (Å²) in [6.45, 7) is 0.694. The number of hydrogen-bond donors (Lipinski definition) is 1. The van der Waals surface area contributed by atoms with E-state index in [4.69, 9.17) is 0 Å². The van der Waals surface area contributed by atoms with Gasteiger partial charge in [0.05, 0.1) is 11.7 Å². The van der Waals surface area contributed by atoms with Crippen LogP contribution >= 0.6 is 0 Å². The third-order valence-corrected chi connectivity index (χ3v) is 5.03. The van der Waals surface area contributed by atoms with Crippen molar-refractivity contribution in [1.82, 2.24) is 19.7 Å². The predicted octanol–water partition coefficient (Wildman–Crippen LogP) is 3.92. The number of carbonyl (C=O) groups excluding carboxylic acids is 1. The topological polar surface area (TPSA) is 53.9 Å². The number of rotatable bonds is 3. The third-order valence-electron chi connectivity index (χ3n) is 5.03. The van der Waals surface area contributed by atoms with Crippen molar-refractivity contribution < 1.29 is 9.18 Å². The van der Waals surface area contributed by atoms with Crippen LogP contribution in [-0.4, -0.2) is 32.1 Å². The number of carbonyl (C=O) groups is 1. The van der Waals surface area contributed by atoms with Gasteiger partial charge in [0.25, 0.3) is 5.91 Å². The van der Waals surface area contributed by atoms with E-state index in [2.05, 4.69) is 10.2 Å². The summed E-state index contributed by atoms with van der Waals surface area (Å²) in [5, 5.41) is 7.19. The minimum Gasteiger partial charge on any atom is -0.349 e. The first-order valence-corrected chi connectivity index (χ1v) is 8.87. The van der Waals surface area contributed by atoms with Crippen LogP contribution in [0.5, 0.6) is 0 Å². The van der Waals surface area contributed by atoms with E-state index in [1.165, 1.54) is 12.1 Å². The highest BCUT2D eigenvalue weighted by Crippen LogP contribution is 2.32. The van der Waals surface area contributed by atoms with Crippen molar-refractivity contribution >= 4 is 5.91 Å². The van der Waals surface area contributed by atoms with Gasteiger partial charge in [-0.25, -0.2) is 4.39 Å². The number of likely N-dealkylation sites (tertiary alicyclic amines) is 1. The molecule has 3 heterocycles. The van der Waals surface area contributed by atoms with E-state index in [0.29, 0.717) is 12.2 Å². The molecule has 0 unspecified atom stereocenters. The molecule has 1 N–H and O–H groups in total. The summed E-state index contributed by atoms with van der Waals surface area (Å²) in [4.78, 5) is 15.0. The van der Waals surface area contributed by atoms with Crippen LogP contribution in [0, 0.1) is 5.82 Å². The smallest absolute Gasteiger partial charge is 0.272 e. The van der Waals surface area contributed by atoms with Crippen LogP contribution in [0.3, 0.4) is 0 Å². The molecule has 5 nitrogen and oxygen atoms in total. The van der Waals surface area contributed by atoms with E-state index >= 15 is 0 Å². The summed E-state index contributed by atoms with van der Waals surface area (Å²) in [6, 6.07) is 12.1. The maximum Gasteiger partial charge on any atom is 0.272 e. The lowest BCUT2D eigenvalue weighted by Crippen LogP contribution is -2.38. The number of halogens is 1. The van der Waals surface area contributed by atoms with E-state index in [1.54, 1.807) is 18.2 Å². The van der Waals surface area contributed by atoms with Gasteiger partial charge in [0.1, 0.15) is 17.2 Å². The molecule has 4 rings (SSSR count). The SMILES string of the molecule is Cn1cccc1-c1cc(C(=O)N2CCCC[C@@H]2c2ccc(F)cc2)[nH]n1. The molecule has 134 valence electrons. The molecule has 1 aliphatic heterocycles. The number of nitrogens with one attached hydrogen (secondary N) is 1. The molecule has 0 saturated carbocycles. The van der Waals surface area contributed by atoms with Gasteiger partial charge in [-0.15, -0.1) is 0 Å². The van der Waals surface area contributed by atoms with Gasteiger partial charge in [0.2, 0.25) is 0 Å². The quantitative estimate of drug-likeness (QED) is 0.777. The van der Waals surface area contributed by atoms with Crippen LogP contribution in [0.1, 0.15) is 41.4 Å². The van der Waals surface area contributed by atoms with E-state index in [0.717, 1.165) is 36.2 Å². The fourth-order valence-electron chi connectivity index (χ4n) is 3.65. The third kappa shape index (κ3) is 3.03. The molecule has 0 radical (unpaired) electrons. The van der Waals surface area contributed by atoms with Crippen molar-refractivity contribution in [3.8, 4) is 11.4 Å². The standard InChI is InChI=1S/C20H21FN4O/c1-24-11-4-6-19(24)16-13-17(23-22-16)20(26)25-12-3-2-5-18(25)14-7-9-15(21)10-8-14/h4,6-11,13,18H,2-3,5,12H2,1H3,(H,22,23)/t18-/m1/s1. The summed E-state index contributed by atoms with van der Waals surface area (Å²) in [5.41, 5.74) is 3.15. The Morgan fingerprint density at radius 2 is 2.04 bits per heavy atom. The molecule has 6 heteroatoms. The zero-order valence-electron chi connectivity index (χ0n) is 14.7. The maximum atomic E-state index is 13.2. The minimum atomic E-state index is -0.261. The second kappa shape index (κ2) is 6.78. The van der Waals surface area contributed by atoms with Gasteiger partial charge >= 0.3 is 0 Å². The molecule has 2 aromatic heterocycles. The van der Waals surface area contributed by atoms with Gasteiger partial charge in [-0.3, -0.25) is 9.89 Å². The maximum absolute atomic E-state index is 13.2. The second-order valence-corrected chi connectivity index (χ2v) is 6.73. The predicted molar refractivity (Wildman–Crippen MR) is 97.0 cm³/mol. The number of H-pyrrole nitrogens is 1. The van der Waals surface area contributed by atoms with Crippen molar-refractivity contribution in [3.05, 3.63) is 65.7 Å². The van der Waals surface area contributed by atoms with Gasteiger partial charge in [0, 0.05) is 19.8 Å². The number of amides is 1. The number of hydrogen-bond acceptors (Lipinski definition) is 2. The largest absolute Gasteiger partial charge is 0.349 e. The van der Waals surface area contributed by atoms with Crippen LogP contribution in [0.2, 0.25) is 0 Å². The van der Waals surface area contributed by atoms with Gasteiger partial charge in [0.15, 0.2) is 0 Å². The molecule has 1 fully saturated rings. The van der Waals surface area contributed by atoms with Gasteiger partial charge in [-0.2, -0.15) is 5.10 Å². The fourth-order valence-corrected chi connectivity index (χ4v) is 3.65. The van der Waals surface area contributed by atoms with Gasteiger partial charge < -0.3 is 9.47 Å². The molecule has 1 aliphatic rings. The molecule has 0 bridgehead atoms. The first-order chi connectivity index (χ1) is 12.6. The summed E-state index contributed by atoms with van der Waals surface area (Å²) in [7, 11) is 1.95. The number of nitrogens with zero attached hydrogens (tertiary/aromatic N) is 3. The number of aromatic nitrogens is 3. The first-order valence-electron chi connectivity index (χ1n) is 8.87. The van der Waals surface area contributed by atoms with E-state index in [9.17, 15) is 9.18 Å². The van der Waals surface area contributed by atoms with Crippen LogP contribution in [0.4, 0.5) is 4.39 Å². The molecule has 1 aromatic carbocycles. The Bertz CT molecular complexity index is 912. The van der Waals surface area contributed by atoms with E-state index < -0.39 is 0 Å². The Morgan fingerprint density at radius 3 is 2.77 bits per heavy atom. The number of piperidine rings is 1. The lowest BCUT2D eigenvalue weighted by molar-refractivity contribution is 0.0605. The highest BCUT2D eigenvalue weighted by Gasteiger charge is 2.29. The minimum absolute atomic E-state index is 0.0290. The average molecular weight is 352 g/mol. The van der Waals surface area contributed by atoms with Crippen LogP contribution in [-0.2, 0) is 7.05 Å². The van der Waals surface area contributed by atoms with E-state index in [1.807, 2.05) is 34.8 Å². The monoisotopic (exact) mass is 352 g/mol. The van der Waals surface area contributed by atoms with Crippen LogP contribution in [0.15, 0.2) is 48.7 Å². The Hall–Kier alpha value is -2.89. The van der Waals surface area contributed by atoms with Gasteiger partial charge in [-0.1, -0.05) is 12.1 Å². The highest BCUT2D eigenvalue weighted by molar-refractivity contribution is 5.93. The Labute approximate surface area is 151 Å². The number of benzene rings is 1. The lowest BCUT2D eigenvalue weighted by atomic mass is 9.95. The molecule has 0 spiro atoms. The lowest BCUT2D eigenvalue weighted by Gasteiger charge is -2.35. The summed E-state index contributed by atoms with van der Waals surface area (Å²) < 4.78 is 15.2. The first kappa shape index (κ1) is 16.6. The van der Waals surface area contributed by atoms with Crippen molar-refractivity contribution in [2.45, 2.75) is 25.3 Å². The summed E-state index contributed by atoms with van der Waals surface area (Å²) in [5.74, 6) is -0.324. The van der Waals surface area contributed by atoms with Crippen molar-refractivity contribution in [3.63, 3.8) is 0 Å². The van der Waals surface area contributed by atoms with Crippen LogP contribution in [0.25, 0.3) is 11.4 Å². The number of aromatic amines is 1. The molecular formula is C20H21FN4O. The molecule has 1 saturated heterocycles. The van der Waals surface area contributed by atoms with Crippen molar-refractivity contribution in [2.24, 2.45) is 7.05 Å². The van der Waals surface area contributed by atoms with E-state index in [-0.39, 0.29) is 17.8 Å². The zero-order chi connectivity index (χ0) is 18.1. The zero-order valence-corrected chi connectivity index (χ0v) is 14.7. The molecule has 26 heavy (non-hydrogen) atoms. The summed E-state index contributed by atoms with van der Waals surface area (Å²) in [6.07, 6.45) is 4.86. The molecular weight excluding hydrogens is 331 g/mol. The molecule has 3 aromatic rings. The molecule has 1 atom stereocenters. The second-order valence-electron chi connectivity index (χ2n) is 6.73.